The summed E-state index contributed by atoms with van der Waals surface area (Å²) < 4.78 is 12.7. The van der Waals surface area contributed by atoms with Crippen molar-refractivity contribution in [3.63, 3.8) is 0 Å². The maximum Gasteiger partial charge on any atom is 0.223 e. The van der Waals surface area contributed by atoms with Crippen LogP contribution < -0.4 is 9.47 Å². The molecule has 1 amide bonds. The molecule has 0 aliphatic carbocycles. The third-order valence-corrected chi connectivity index (χ3v) is 6.16. The van der Waals surface area contributed by atoms with Gasteiger partial charge in [0.05, 0.1) is 31.3 Å². The number of benzene rings is 3. The van der Waals surface area contributed by atoms with Crippen LogP contribution in [0.1, 0.15) is 30.5 Å². The van der Waals surface area contributed by atoms with Gasteiger partial charge in [0.25, 0.3) is 0 Å². The van der Waals surface area contributed by atoms with Crippen LogP contribution in [0.25, 0.3) is 16.7 Å². The van der Waals surface area contributed by atoms with Gasteiger partial charge in [-0.3, -0.25) is 9.36 Å². The molecule has 6 nitrogen and oxygen atoms in total. The average molecular weight is 444 g/mol. The van der Waals surface area contributed by atoms with Gasteiger partial charge in [-0.15, -0.1) is 0 Å². The van der Waals surface area contributed by atoms with Gasteiger partial charge in [0.1, 0.15) is 6.33 Å². The number of aryl methyl sites for hydroxylation is 1. The van der Waals surface area contributed by atoms with Crippen LogP contribution >= 0.6 is 0 Å². The van der Waals surface area contributed by atoms with Gasteiger partial charge in [-0.1, -0.05) is 30.3 Å². The average Bonchev–Trinajstić information content (AvgIpc) is 3.30. The van der Waals surface area contributed by atoms with E-state index in [1.165, 1.54) is 0 Å². The number of imidazole rings is 1. The van der Waals surface area contributed by atoms with Crippen LogP contribution in [0, 0.1) is 0 Å². The summed E-state index contributed by atoms with van der Waals surface area (Å²) in [7, 11) is 5.09. The largest absolute Gasteiger partial charge is 0.493 e. The first-order valence-electron chi connectivity index (χ1n) is 11.0. The Hall–Kier alpha value is -3.80. The van der Waals surface area contributed by atoms with Gasteiger partial charge < -0.3 is 14.4 Å². The van der Waals surface area contributed by atoms with Gasteiger partial charge in [0.15, 0.2) is 11.5 Å². The van der Waals surface area contributed by atoms with Gasteiger partial charge in [0, 0.05) is 19.2 Å². The van der Waals surface area contributed by atoms with E-state index < -0.39 is 0 Å². The second-order valence-corrected chi connectivity index (χ2v) is 8.06. The molecule has 1 unspecified atom stereocenters. The highest BCUT2D eigenvalue weighted by atomic mass is 16.5. The lowest BCUT2D eigenvalue weighted by molar-refractivity contribution is -0.131. The van der Waals surface area contributed by atoms with Gasteiger partial charge in [-0.2, -0.15) is 0 Å². The van der Waals surface area contributed by atoms with Crippen LogP contribution in [-0.4, -0.2) is 41.6 Å². The molecule has 3 aromatic carbocycles. The predicted octanol–water partition coefficient (Wildman–Crippen LogP) is 5.19. The number of methoxy groups -OCH3 is 2. The number of hydrogen-bond acceptors (Lipinski definition) is 4. The monoisotopic (exact) mass is 443 g/mol. The van der Waals surface area contributed by atoms with Crippen LogP contribution in [0.15, 0.2) is 73.1 Å². The van der Waals surface area contributed by atoms with Crippen molar-refractivity contribution in [3.05, 3.63) is 84.2 Å². The zero-order valence-electron chi connectivity index (χ0n) is 19.5. The summed E-state index contributed by atoms with van der Waals surface area (Å²) in [6, 6.07) is 22.1. The minimum atomic E-state index is -0.0310. The molecule has 0 aliphatic rings. The minimum Gasteiger partial charge on any atom is -0.493 e. The summed E-state index contributed by atoms with van der Waals surface area (Å²) in [5.74, 6) is 1.46. The number of rotatable bonds is 8. The zero-order valence-corrected chi connectivity index (χ0v) is 19.5. The Bertz CT molecular complexity index is 1250. The second-order valence-electron chi connectivity index (χ2n) is 8.06. The molecule has 0 saturated heterocycles. The van der Waals surface area contributed by atoms with Crippen molar-refractivity contribution in [1.82, 2.24) is 14.5 Å². The van der Waals surface area contributed by atoms with Crippen LogP contribution in [0.5, 0.6) is 11.5 Å². The van der Waals surface area contributed by atoms with Crippen molar-refractivity contribution < 1.29 is 14.3 Å². The number of para-hydroxylation sites is 2. The fourth-order valence-corrected chi connectivity index (χ4v) is 3.98. The Morgan fingerprint density at radius 2 is 1.73 bits per heavy atom. The van der Waals surface area contributed by atoms with E-state index in [-0.39, 0.29) is 11.9 Å². The zero-order chi connectivity index (χ0) is 23.4. The standard InChI is InChI=1S/C27H29N3O3/c1-19(29(2)27(31)16-10-20-9-15-25(32-3)26(17-20)33-4)21-11-13-22(14-12-21)30-18-28-23-7-5-6-8-24(23)30/h5-9,11-15,17-19H,10,16H2,1-4H3. The molecule has 6 heteroatoms. The summed E-state index contributed by atoms with van der Waals surface area (Å²) in [5.41, 5.74) is 5.21. The maximum absolute atomic E-state index is 12.9. The molecule has 0 radical (unpaired) electrons. The molecule has 0 saturated carbocycles. The number of ether oxygens (including phenoxy) is 2. The highest BCUT2D eigenvalue weighted by molar-refractivity contribution is 5.77. The van der Waals surface area contributed by atoms with E-state index in [9.17, 15) is 4.79 Å². The Morgan fingerprint density at radius 3 is 2.45 bits per heavy atom. The second kappa shape index (κ2) is 9.77. The van der Waals surface area contributed by atoms with E-state index in [1.807, 2.05) is 54.7 Å². The Morgan fingerprint density at radius 1 is 1.00 bits per heavy atom. The highest BCUT2D eigenvalue weighted by Gasteiger charge is 2.18. The van der Waals surface area contributed by atoms with Crippen LogP contribution in [0.2, 0.25) is 0 Å². The van der Waals surface area contributed by atoms with Gasteiger partial charge in [0.2, 0.25) is 5.91 Å². The summed E-state index contributed by atoms with van der Waals surface area (Å²) >= 11 is 0. The van der Waals surface area contributed by atoms with Crippen molar-refractivity contribution in [2.75, 3.05) is 21.3 Å². The molecule has 0 N–H and O–H groups in total. The minimum absolute atomic E-state index is 0.0310. The Balaban J connectivity index is 1.41. The first-order valence-corrected chi connectivity index (χ1v) is 11.0. The smallest absolute Gasteiger partial charge is 0.223 e. The van der Waals surface area contributed by atoms with E-state index in [0.29, 0.717) is 24.3 Å². The lowest BCUT2D eigenvalue weighted by Crippen LogP contribution is -2.29. The Labute approximate surface area is 194 Å². The summed E-state index contributed by atoms with van der Waals surface area (Å²) in [6.45, 7) is 2.05. The topological polar surface area (TPSA) is 56.6 Å². The van der Waals surface area contributed by atoms with Crippen LogP contribution in [0.3, 0.4) is 0 Å². The normalized spacial score (nSPS) is 11.9. The molecule has 0 aliphatic heterocycles. The summed E-state index contributed by atoms with van der Waals surface area (Å²) in [5, 5.41) is 0. The van der Waals surface area contributed by atoms with Crippen LogP contribution in [0.4, 0.5) is 0 Å². The van der Waals surface area contributed by atoms with Crippen molar-refractivity contribution in [1.29, 1.82) is 0 Å². The Kier molecular flexibility index (Phi) is 6.63. The van der Waals surface area contributed by atoms with Gasteiger partial charge in [-0.25, -0.2) is 4.98 Å². The molecule has 4 aromatic rings. The van der Waals surface area contributed by atoms with E-state index in [1.54, 1.807) is 14.2 Å². The molecule has 1 heterocycles. The van der Waals surface area contributed by atoms with E-state index >= 15 is 0 Å². The SMILES string of the molecule is COc1ccc(CCC(=O)N(C)C(C)c2ccc(-n3cnc4ccccc43)cc2)cc1OC. The predicted molar refractivity (Wildman–Crippen MR) is 130 cm³/mol. The third kappa shape index (κ3) is 4.70. The van der Waals surface area contributed by atoms with Gasteiger partial charge >= 0.3 is 0 Å². The first kappa shape index (κ1) is 22.4. The highest BCUT2D eigenvalue weighted by Crippen LogP contribution is 2.28. The number of carbonyl (C=O) groups excluding carboxylic acids is 1. The lowest BCUT2D eigenvalue weighted by atomic mass is 10.0. The number of amides is 1. The number of fused-ring (bicyclic) bond motifs is 1. The third-order valence-electron chi connectivity index (χ3n) is 6.16. The first-order chi connectivity index (χ1) is 16.0. The molecule has 170 valence electrons. The number of hydrogen-bond donors (Lipinski definition) is 0. The molecule has 1 aromatic heterocycles. The van der Waals surface area contributed by atoms with Gasteiger partial charge in [-0.05, 0) is 60.9 Å². The molecular weight excluding hydrogens is 414 g/mol. The van der Waals surface area contributed by atoms with Crippen molar-refractivity contribution >= 4 is 16.9 Å². The number of nitrogens with zero attached hydrogens (tertiary/aromatic N) is 3. The maximum atomic E-state index is 12.9. The van der Waals surface area contributed by atoms with E-state index in [2.05, 4.69) is 46.8 Å². The van der Waals surface area contributed by atoms with E-state index in [4.69, 9.17) is 9.47 Å². The number of aromatic nitrogens is 2. The molecule has 0 spiro atoms. The van der Waals surface area contributed by atoms with Crippen molar-refractivity contribution in [2.45, 2.75) is 25.8 Å². The molecule has 1 atom stereocenters. The van der Waals surface area contributed by atoms with Crippen molar-refractivity contribution in [2.24, 2.45) is 0 Å². The molecule has 4 rings (SSSR count). The molecule has 0 fully saturated rings. The van der Waals surface area contributed by atoms with Crippen LogP contribution in [-0.2, 0) is 11.2 Å². The summed E-state index contributed by atoms with van der Waals surface area (Å²) in [6.07, 6.45) is 2.91. The van der Waals surface area contributed by atoms with Crippen molar-refractivity contribution in [3.8, 4) is 17.2 Å². The number of carbonyl (C=O) groups is 1. The molecular formula is C27H29N3O3. The molecule has 0 bridgehead atoms. The lowest BCUT2D eigenvalue weighted by Gasteiger charge is -2.26. The van der Waals surface area contributed by atoms with E-state index in [0.717, 1.165) is 27.8 Å². The fourth-order valence-electron chi connectivity index (χ4n) is 3.98. The fraction of sp³-hybridized carbons (Fsp3) is 0.259. The quantitative estimate of drug-likeness (QED) is 0.376. The summed E-state index contributed by atoms with van der Waals surface area (Å²) in [4.78, 5) is 19.1. The molecule has 33 heavy (non-hydrogen) atoms.